The van der Waals surface area contributed by atoms with E-state index in [2.05, 4.69) is 13.8 Å². The maximum absolute atomic E-state index is 14.5. The average Bonchev–Trinajstić information content (AvgIpc) is 3.76. The van der Waals surface area contributed by atoms with Crippen molar-refractivity contribution < 1.29 is 38.0 Å². The largest absolute Gasteiger partial charge is 0.481 e. The Morgan fingerprint density at radius 1 is 1.04 bits per heavy atom. The number of aryl methyl sites for hydroxylation is 1. The van der Waals surface area contributed by atoms with Crippen LogP contribution in [0.4, 0.5) is 10.1 Å². The maximum Gasteiger partial charge on any atom is 0.308 e. The molecule has 0 radical (unpaired) electrons. The van der Waals surface area contributed by atoms with E-state index in [0.29, 0.717) is 48.9 Å². The van der Waals surface area contributed by atoms with Crippen molar-refractivity contribution in [2.75, 3.05) is 38.0 Å². The molecule has 1 N–H and O–H groups in total. The van der Waals surface area contributed by atoms with Crippen molar-refractivity contribution in [3.63, 3.8) is 0 Å². The Kier molecular flexibility index (Phi) is 10.4. The first-order chi connectivity index (χ1) is 21.5. The SMILES string of the molecule is CCCC(CCC)N(C(=O)CN1CC(c2ccc3c(c2)OCO3)C(C(=O)O)C1CC(C)(C)C1OCCO1)c1ccc(F)c(C)c1. The zero-order chi connectivity index (χ0) is 32.3. The highest BCUT2D eigenvalue weighted by molar-refractivity contribution is 5.95. The first-order valence-corrected chi connectivity index (χ1v) is 16.2. The number of rotatable bonds is 13. The van der Waals surface area contributed by atoms with Crippen LogP contribution in [-0.4, -0.2) is 73.4 Å². The second kappa shape index (κ2) is 14.1. The standard InChI is InChI=1S/C35H47FN2O7/c1-6-8-24(9-7-2)38(25-11-12-27(36)22(3)16-25)31(39)20-37-19-26(23-10-13-29-30(17-23)45-21-44-29)32(33(40)41)28(37)18-35(4,5)34-42-14-15-43-34/h10-13,16-17,24,26,28,32,34H,6-9,14-15,18-21H2,1-5H3,(H,40,41). The quantitative estimate of drug-likeness (QED) is 0.284. The lowest BCUT2D eigenvalue weighted by atomic mass is 9.77. The number of ether oxygens (including phenoxy) is 4. The van der Waals surface area contributed by atoms with Crippen LogP contribution in [0.1, 0.15) is 76.8 Å². The topological polar surface area (TPSA) is 97.8 Å². The molecule has 10 heteroatoms. The van der Waals surface area contributed by atoms with E-state index >= 15 is 0 Å². The van der Waals surface area contributed by atoms with Gasteiger partial charge in [-0.05, 0) is 67.6 Å². The second-order valence-electron chi connectivity index (χ2n) is 13.3. The van der Waals surface area contributed by atoms with Crippen LogP contribution in [-0.2, 0) is 19.1 Å². The number of aliphatic carboxylic acids is 1. The lowest BCUT2D eigenvalue weighted by Gasteiger charge is -2.38. The molecule has 0 spiro atoms. The number of carbonyl (C=O) groups is 2. The third-order valence-electron chi connectivity index (χ3n) is 9.49. The number of amides is 1. The van der Waals surface area contributed by atoms with Gasteiger partial charge in [-0.3, -0.25) is 14.5 Å². The molecule has 45 heavy (non-hydrogen) atoms. The van der Waals surface area contributed by atoms with Crippen molar-refractivity contribution in [2.45, 2.75) is 91.0 Å². The van der Waals surface area contributed by atoms with E-state index in [0.717, 1.165) is 31.2 Å². The number of anilines is 1. The highest BCUT2D eigenvalue weighted by atomic mass is 19.1. The van der Waals surface area contributed by atoms with Crippen molar-refractivity contribution in [1.82, 2.24) is 4.90 Å². The average molecular weight is 627 g/mol. The van der Waals surface area contributed by atoms with Crippen LogP contribution in [0.5, 0.6) is 11.5 Å². The number of likely N-dealkylation sites (tertiary alicyclic amines) is 1. The van der Waals surface area contributed by atoms with Gasteiger partial charge in [-0.1, -0.05) is 46.6 Å². The number of carbonyl (C=O) groups excluding carboxylic acids is 1. The Hall–Kier alpha value is -3.21. The number of benzene rings is 2. The van der Waals surface area contributed by atoms with Gasteiger partial charge in [-0.2, -0.15) is 0 Å². The summed E-state index contributed by atoms with van der Waals surface area (Å²) < 4.78 is 37.2. The number of nitrogens with zero attached hydrogens (tertiary/aromatic N) is 2. The van der Waals surface area contributed by atoms with E-state index in [1.165, 1.54) is 6.07 Å². The van der Waals surface area contributed by atoms with Crippen molar-refractivity contribution in [3.05, 3.63) is 53.3 Å². The van der Waals surface area contributed by atoms with Gasteiger partial charge in [0.25, 0.3) is 0 Å². The monoisotopic (exact) mass is 626 g/mol. The summed E-state index contributed by atoms with van der Waals surface area (Å²) in [5.74, 6) is -1.31. The highest BCUT2D eigenvalue weighted by Gasteiger charge is 2.51. The number of carboxylic acid groups (broad SMARTS) is 1. The molecule has 0 bridgehead atoms. The molecule has 0 saturated carbocycles. The Morgan fingerprint density at radius 2 is 1.73 bits per heavy atom. The van der Waals surface area contributed by atoms with Gasteiger partial charge in [0.05, 0.1) is 25.7 Å². The number of carboxylic acids is 1. The highest BCUT2D eigenvalue weighted by Crippen LogP contribution is 2.46. The van der Waals surface area contributed by atoms with Crippen LogP contribution in [0.2, 0.25) is 0 Å². The zero-order valence-corrected chi connectivity index (χ0v) is 27.1. The molecule has 2 saturated heterocycles. The van der Waals surface area contributed by atoms with E-state index in [1.807, 2.05) is 41.8 Å². The van der Waals surface area contributed by atoms with Gasteiger partial charge in [0.1, 0.15) is 5.82 Å². The lowest BCUT2D eigenvalue weighted by Crippen LogP contribution is -2.49. The normalized spacial score (nSPS) is 22.0. The summed E-state index contributed by atoms with van der Waals surface area (Å²) in [6.45, 7) is 11.5. The van der Waals surface area contributed by atoms with E-state index in [-0.39, 0.29) is 37.0 Å². The fraction of sp³-hybridized carbons (Fsp3) is 0.600. The van der Waals surface area contributed by atoms with Crippen molar-refractivity contribution >= 4 is 17.6 Å². The Labute approximate surface area is 265 Å². The van der Waals surface area contributed by atoms with Crippen molar-refractivity contribution in [3.8, 4) is 11.5 Å². The minimum absolute atomic E-state index is 0.0261. The molecule has 2 aromatic carbocycles. The third kappa shape index (κ3) is 7.13. The molecule has 3 atom stereocenters. The summed E-state index contributed by atoms with van der Waals surface area (Å²) in [7, 11) is 0. The molecule has 1 amide bonds. The van der Waals surface area contributed by atoms with E-state index in [9.17, 15) is 19.1 Å². The third-order valence-corrected chi connectivity index (χ3v) is 9.49. The van der Waals surface area contributed by atoms with Crippen LogP contribution < -0.4 is 14.4 Å². The first-order valence-electron chi connectivity index (χ1n) is 16.2. The van der Waals surface area contributed by atoms with Crippen molar-refractivity contribution in [2.24, 2.45) is 11.3 Å². The van der Waals surface area contributed by atoms with E-state index < -0.39 is 29.6 Å². The van der Waals surface area contributed by atoms with E-state index in [4.69, 9.17) is 18.9 Å². The first kappa shape index (κ1) is 33.2. The van der Waals surface area contributed by atoms with Crippen LogP contribution >= 0.6 is 0 Å². The molecular weight excluding hydrogens is 579 g/mol. The molecule has 5 rings (SSSR count). The van der Waals surface area contributed by atoms with Gasteiger partial charge in [0.2, 0.25) is 12.7 Å². The molecule has 9 nitrogen and oxygen atoms in total. The minimum atomic E-state index is -0.914. The Bertz CT molecular complexity index is 1360. The fourth-order valence-electron chi connectivity index (χ4n) is 7.33. The summed E-state index contributed by atoms with van der Waals surface area (Å²) in [5.41, 5.74) is 1.46. The lowest BCUT2D eigenvalue weighted by molar-refractivity contribution is -0.147. The molecular formula is C35H47FN2O7. The zero-order valence-electron chi connectivity index (χ0n) is 27.1. The van der Waals surface area contributed by atoms with Crippen LogP contribution in [0.15, 0.2) is 36.4 Å². The van der Waals surface area contributed by atoms with Gasteiger partial charge >= 0.3 is 5.97 Å². The van der Waals surface area contributed by atoms with Gasteiger partial charge in [-0.15, -0.1) is 0 Å². The fourth-order valence-corrected chi connectivity index (χ4v) is 7.33. The molecule has 3 unspecified atom stereocenters. The summed E-state index contributed by atoms with van der Waals surface area (Å²) in [6.07, 6.45) is 3.38. The Balaban J connectivity index is 1.51. The van der Waals surface area contributed by atoms with Gasteiger partial charge in [0.15, 0.2) is 17.8 Å². The van der Waals surface area contributed by atoms with Crippen LogP contribution in [0, 0.1) is 24.1 Å². The molecule has 3 aliphatic heterocycles. The van der Waals surface area contributed by atoms with E-state index in [1.54, 1.807) is 19.1 Å². The molecule has 2 aromatic rings. The van der Waals surface area contributed by atoms with Crippen molar-refractivity contribution in [1.29, 1.82) is 0 Å². The van der Waals surface area contributed by atoms with Gasteiger partial charge in [0, 0.05) is 35.6 Å². The molecule has 3 heterocycles. The maximum atomic E-state index is 14.5. The molecule has 2 fully saturated rings. The molecule has 0 aliphatic carbocycles. The number of hydrogen-bond acceptors (Lipinski definition) is 7. The number of fused-ring (bicyclic) bond motifs is 1. The number of hydrogen-bond donors (Lipinski definition) is 1. The smallest absolute Gasteiger partial charge is 0.308 e. The second-order valence-corrected chi connectivity index (χ2v) is 13.3. The van der Waals surface area contributed by atoms with Crippen LogP contribution in [0.25, 0.3) is 0 Å². The Morgan fingerprint density at radius 3 is 2.38 bits per heavy atom. The van der Waals surface area contributed by atoms with Gasteiger partial charge in [-0.25, -0.2) is 4.39 Å². The summed E-state index contributed by atoms with van der Waals surface area (Å²) in [4.78, 5) is 31.4. The summed E-state index contributed by atoms with van der Waals surface area (Å²) in [5, 5.41) is 10.7. The number of halogens is 1. The van der Waals surface area contributed by atoms with Gasteiger partial charge < -0.3 is 29.0 Å². The summed E-state index contributed by atoms with van der Waals surface area (Å²) in [6, 6.07) is 9.88. The predicted molar refractivity (Wildman–Crippen MR) is 168 cm³/mol. The summed E-state index contributed by atoms with van der Waals surface area (Å²) >= 11 is 0. The molecule has 246 valence electrons. The van der Waals surface area contributed by atoms with Crippen LogP contribution in [0.3, 0.4) is 0 Å². The molecule has 0 aromatic heterocycles. The minimum Gasteiger partial charge on any atom is -0.481 e. The molecule has 3 aliphatic rings. The predicted octanol–water partition coefficient (Wildman–Crippen LogP) is 6.12.